The highest BCUT2D eigenvalue weighted by molar-refractivity contribution is 7.07. The van der Waals surface area contributed by atoms with Gasteiger partial charge in [0, 0.05) is 25.3 Å². The molecule has 3 nitrogen and oxygen atoms in total. The Kier molecular flexibility index (Phi) is 3.30. The van der Waals surface area contributed by atoms with Crippen LogP contribution in [-0.4, -0.2) is 15.9 Å². The number of anilines is 1. The summed E-state index contributed by atoms with van der Waals surface area (Å²) in [5, 5.41) is 4.38. The molecule has 0 spiro atoms. The van der Waals surface area contributed by atoms with Crippen LogP contribution in [0.1, 0.15) is 24.0 Å². The van der Waals surface area contributed by atoms with Gasteiger partial charge in [0.05, 0.1) is 0 Å². The van der Waals surface area contributed by atoms with Gasteiger partial charge in [0.15, 0.2) is 0 Å². The van der Waals surface area contributed by atoms with E-state index < -0.39 is 0 Å². The first-order valence-corrected chi connectivity index (χ1v) is 7.21. The van der Waals surface area contributed by atoms with E-state index in [-0.39, 0.29) is 0 Å². The summed E-state index contributed by atoms with van der Waals surface area (Å²) in [6, 6.07) is 6.99. The predicted molar refractivity (Wildman–Crippen MR) is 75.2 cm³/mol. The van der Waals surface area contributed by atoms with Crippen molar-refractivity contribution in [3.8, 4) is 0 Å². The molecule has 0 radical (unpaired) electrons. The van der Waals surface area contributed by atoms with E-state index in [0.717, 1.165) is 19.1 Å². The molecule has 0 unspecified atom stereocenters. The minimum atomic E-state index is 0.610. The molecule has 2 aromatic heterocycles. The van der Waals surface area contributed by atoms with Gasteiger partial charge >= 0.3 is 0 Å². The molecule has 2 N–H and O–H groups in total. The number of hydrogen-bond acceptors (Lipinski definition) is 4. The number of nitrogens with zero attached hydrogens (tertiary/aromatic N) is 2. The molecular weight excluding hydrogens is 242 g/mol. The Morgan fingerprint density at radius 2 is 2.11 bits per heavy atom. The van der Waals surface area contributed by atoms with Gasteiger partial charge in [-0.15, -0.1) is 0 Å². The quantitative estimate of drug-likeness (QED) is 0.897. The Labute approximate surface area is 111 Å². The number of pyridine rings is 1. The van der Waals surface area contributed by atoms with Crippen LogP contribution < -0.4 is 5.73 Å². The third-order valence-electron chi connectivity index (χ3n) is 3.26. The van der Waals surface area contributed by atoms with Gasteiger partial charge in [0.25, 0.3) is 0 Å². The third kappa shape index (κ3) is 2.89. The summed E-state index contributed by atoms with van der Waals surface area (Å²) in [4.78, 5) is 6.58. The maximum atomic E-state index is 5.73. The first-order chi connectivity index (χ1) is 8.81. The van der Waals surface area contributed by atoms with Crippen LogP contribution in [0.4, 0.5) is 5.82 Å². The molecule has 1 aliphatic rings. The van der Waals surface area contributed by atoms with Gasteiger partial charge in [0.1, 0.15) is 5.82 Å². The van der Waals surface area contributed by atoms with Gasteiger partial charge < -0.3 is 5.73 Å². The molecule has 3 rings (SSSR count). The number of aromatic nitrogens is 1. The molecule has 1 aliphatic carbocycles. The standard InChI is InChI=1S/C14H17N3S/c15-14-7-11(3-5-16-14)8-17(13-1-2-13)9-12-4-6-18-10-12/h3-7,10,13H,1-2,8-9H2,(H2,15,16). The summed E-state index contributed by atoms with van der Waals surface area (Å²) in [5.41, 5.74) is 8.40. The predicted octanol–water partition coefficient (Wildman–Crippen LogP) is 2.89. The first-order valence-electron chi connectivity index (χ1n) is 6.27. The highest BCUT2D eigenvalue weighted by Crippen LogP contribution is 2.30. The van der Waals surface area contributed by atoms with E-state index in [0.29, 0.717) is 5.82 Å². The number of hydrogen-bond donors (Lipinski definition) is 1. The number of nitrogens with two attached hydrogens (primary N) is 1. The Morgan fingerprint density at radius 3 is 2.78 bits per heavy atom. The van der Waals surface area contributed by atoms with Crippen molar-refractivity contribution in [1.29, 1.82) is 0 Å². The fraction of sp³-hybridized carbons (Fsp3) is 0.357. The number of nitrogen functional groups attached to an aromatic ring is 1. The summed E-state index contributed by atoms with van der Waals surface area (Å²) in [5.74, 6) is 0.610. The highest BCUT2D eigenvalue weighted by atomic mass is 32.1. The molecule has 4 heteroatoms. The molecule has 0 aromatic carbocycles. The second kappa shape index (κ2) is 5.08. The van der Waals surface area contributed by atoms with Crippen molar-refractivity contribution in [2.75, 3.05) is 5.73 Å². The molecule has 18 heavy (non-hydrogen) atoms. The van der Waals surface area contributed by atoms with Crippen LogP contribution in [0.25, 0.3) is 0 Å². The summed E-state index contributed by atoms with van der Waals surface area (Å²) in [7, 11) is 0. The monoisotopic (exact) mass is 259 g/mol. The summed E-state index contributed by atoms with van der Waals surface area (Å²) < 4.78 is 0. The smallest absolute Gasteiger partial charge is 0.123 e. The average molecular weight is 259 g/mol. The average Bonchev–Trinajstić information content (AvgIpc) is 3.08. The lowest BCUT2D eigenvalue weighted by Crippen LogP contribution is -2.24. The fourth-order valence-corrected chi connectivity index (χ4v) is 2.86. The maximum absolute atomic E-state index is 5.73. The summed E-state index contributed by atoms with van der Waals surface area (Å²) in [6.07, 6.45) is 4.44. The molecule has 94 valence electrons. The van der Waals surface area contributed by atoms with Crippen LogP contribution >= 0.6 is 11.3 Å². The van der Waals surface area contributed by atoms with E-state index in [4.69, 9.17) is 5.73 Å². The molecule has 0 bridgehead atoms. The maximum Gasteiger partial charge on any atom is 0.123 e. The molecule has 0 saturated heterocycles. The van der Waals surface area contributed by atoms with Crippen molar-refractivity contribution >= 4 is 17.2 Å². The molecule has 2 aromatic rings. The van der Waals surface area contributed by atoms with E-state index in [2.05, 4.69) is 32.8 Å². The van der Waals surface area contributed by atoms with E-state index in [1.165, 1.54) is 24.0 Å². The molecule has 0 aliphatic heterocycles. The van der Waals surface area contributed by atoms with Crippen LogP contribution in [0.2, 0.25) is 0 Å². The van der Waals surface area contributed by atoms with E-state index in [9.17, 15) is 0 Å². The zero-order chi connectivity index (χ0) is 12.4. The lowest BCUT2D eigenvalue weighted by atomic mass is 10.2. The van der Waals surface area contributed by atoms with Gasteiger partial charge in [-0.2, -0.15) is 11.3 Å². The van der Waals surface area contributed by atoms with Gasteiger partial charge in [0.2, 0.25) is 0 Å². The van der Waals surface area contributed by atoms with Gasteiger partial charge in [-0.3, -0.25) is 4.90 Å². The second-order valence-corrected chi connectivity index (χ2v) is 5.64. The highest BCUT2D eigenvalue weighted by Gasteiger charge is 2.28. The zero-order valence-corrected chi connectivity index (χ0v) is 11.1. The van der Waals surface area contributed by atoms with Gasteiger partial charge in [-0.1, -0.05) is 0 Å². The zero-order valence-electron chi connectivity index (χ0n) is 10.2. The first kappa shape index (κ1) is 11.7. The van der Waals surface area contributed by atoms with Crippen molar-refractivity contribution in [3.05, 3.63) is 46.3 Å². The molecular formula is C14H17N3S. The van der Waals surface area contributed by atoms with Crippen LogP contribution in [-0.2, 0) is 13.1 Å². The lowest BCUT2D eigenvalue weighted by Gasteiger charge is -2.21. The van der Waals surface area contributed by atoms with Crippen molar-refractivity contribution in [1.82, 2.24) is 9.88 Å². The number of thiophene rings is 1. The Hall–Kier alpha value is -1.39. The normalized spacial score (nSPS) is 15.2. The third-order valence-corrected chi connectivity index (χ3v) is 3.99. The van der Waals surface area contributed by atoms with Crippen molar-refractivity contribution in [3.63, 3.8) is 0 Å². The fourth-order valence-electron chi connectivity index (χ4n) is 2.20. The van der Waals surface area contributed by atoms with Crippen molar-refractivity contribution < 1.29 is 0 Å². The van der Waals surface area contributed by atoms with Crippen LogP contribution in [0, 0.1) is 0 Å². The largest absolute Gasteiger partial charge is 0.384 e. The molecule has 1 saturated carbocycles. The minimum Gasteiger partial charge on any atom is -0.384 e. The Morgan fingerprint density at radius 1 is 1.28 bits per heavy atom. The van der Waals surface area contributed by atoms with Crippen LogP contribution in [0.15, 0.2) is 35.2 Å². The van der Waals surface area contributed by atoms with Crippen molar-refractivity contribution in [2.24, 2.45) is 0 Å². The van der Waals surface area contributed by atoms with E-state index in [1.54, 1.807) is 17.5 Å². The Bertz CT molecular complexity index is 506. The van der Waals surface area contributed by atoms with Gasteiger partial charge in [-0.05, 0) is 52.9 Å². The SMILES string of the molecule is Nc1cc(CN(Cc2ccsc2)C2CC2)ccn1. The second-order valence-electron chi connectivity index (χ2n) is 4.86. The van der Waals surface area contributed by atoms with E-state index in [1.807, 2.05) is 6.07 Å². The topological polar surface area (TPSA) is 42.1 Å². The molecule has 0 amide bonds. The van der Waals surface area contributed by atoms with E-state index >= 15 is 0 Å². The summed E-state index contributed by atoms with van der Waals surface area (Å²) >= 11 is 1.77. The summed E-state index contributed by atoms with van der Waals surface area (Å²) in [6.45, 7) is 2.00. The van der Waals surface area contributed by atoms with Gasteiger partial charge in [-0.25, -0.2) is 4.98 Å². The van der Waals surface area contributed by atoms with Crippen molar-refractivity contribution in [2.45, 2.75) is 32.0 Å². The molecule has 0 atom stereocenters. The lowest BCUT2D eigenvalue weighted by molar-refractivity contribution is 0.246. The molecule has 1 fully saturated rings. The Balaban J connectivity index is 1.70. The minimum absolute atomic E-state index is 0.610. The van der Waals surface area contributed by atoms with Crippen LogP contribution in [0.5, 0.6) is 0 Å². The van der Waals surface area contributed by atoms with Crippen LogP contribution in [0.3, 0.4) is 0 Å². The number of rotatable bonds is 5. The molecule has 2 heterocycles.